The second-order valence-corrected chi connectivity index (χ2v) is 6.06. The molecule has 3 aromatic rings. The van der Waals surface area contributed by atoms with Gasteiger partial charge in [0.2, 0.25) is 0 Å². The first kappa shape index (κ1) is 16.3. The molecule has 0 saturated heterocycles. The molecule has 24 heavy (non-hydrogen) atoms. The lowest BCUT2D eigenvalue weighted by Crippen LogP contribution is -1.99. The summed E-state index contributed by atoms with van der Waals surface area (Å²) >= 11 is 3.41. The van der Waals surface area contributed by atoms with Crippen LogP contribution in [0.2, 0.25) is 0 Å². The van der Waals surface area contributed by atoms with Crippen LogP contribution in [-0.4, -0.2) is 16.2 Å². The Labute approximate surface area is 147 Å². The van der Waals surface area contributed by atoms with Gasteiger partial charge in [-0.05, 0) is 36.8 Å². The maximum atomic E-state index is 12.9. The topological polar surface area (TPSA) is 50.2 Å². The van der Waals surface area contributed by atoms with Crippen molar-refractivity contribution in [3.63, 3.8) is 0 Å². The van der Waals surface area contributed by atoms with Crippen molar-refractivity contribution in [2.45, 2.75) is 6.92 Å². The fraction of sp³-hybridized carbons (Fsp3) is 0.0556. The van der Waals surface area contributed by atoms with Crippen LogP contribution in [0.25, 0.3) is 11.4 Å². The van der Waals surface area contributed by atoms with Crippen molar-refractivity contribution < 1.29 is 4.39 Å². The predicted molar refractivity (Wildman–Crippen MR) is 97.5 cm³/mol. The lowest BCUT2D eigenvalue weighted by Gasteiger charge is -2.05. The van der Waals surface area contributed by atoms with Crippen LogP contribution in [0, 0.1) is 12.7 Å². The molecule has 0 aliphatic rings. The Hall–Kier alpha value is -2.60. The molecule has 0 bridgehead atoms. The summed E-state index contributed by atoms with van der Waals surface area (Å²) in [6.45, 7) is 1.90. The van der Waals surface area contributed by atoms with Crippen LogP contribution in [0.5, 0.6) is 0 Å². The Kier molecular flexibility index (Phi) is 4.96. The van der Waals surface area contributed by atoms with Crippen molar-refractivity contribution in [2.24, 2.45) is 5.10 Å². The summed E-state index contributed by atoms with van der Waals surface area (Å²) in [5.41, 5.74) is 5.44. The summed E-state index contributed by atoms with van der Waals surface area (Å²) in [5, 5.41) is 4.14. The van der Waals surface area contributed by atoms with E-state index in [1.54, 1.807) is 18.3 Å². The molecule has 0 aliphatic carbocycles. The number of hydrogen-bond donors (Lipinski definition) is 1. The summed E-state index contributed by atoms with van der Waals surface area (Å²) in [6, 6.07) is 15.7. The van der Waals surface area contributed by atoms with E-state index in [2.05, 4.69) is 36.4 Å². The number of aryl methyl sites for hydroxylation is 1. The van der Waals surface area contributed by atoms with E-state index in [1.807, 2.05) is 37.3 Å². The van der Waals surface area contributed by atoms with E-state index < -0.39 is 0 Å². The van der Waals surface area contributed by atoms with Crippen LogP contribution in [0.4, 0.5) is 10.2 Å². The van der Waals surface area contributed by atoms with E-state index in [-0.39, 0.29) is 5.82 Å². The first-order chi connectivity index (χ1) is 11.6. The van der Waals surface area contributed by atoms with Crippen LogP contribution >= 0.6 is 15.9 Å². The number of anilines is 1. The minimum Gasteiger partial charge on any atom is -0.261 e. The summed E-state index contributed by atoms with van der Waals surface area (Å²) in [4.78, 5) is 8.92. The number of benzene rings is 2. The molecule has 0 saturated carbocycles. The second-order valence-electron chi connectivity index (χ2n) is 5.15. The largest absolute Gasteiger partial charge is 0.261 e. The van der Waals surface area contributed by atoms with Crippen LogP contribution in [-0.2, 0) is 0 Å². The standard InChI is InChI=1S/C18H14BrFN4/c1-12-10-17(24-21-11-13-2-8-16(20)9-3-13)23-18(22-12)14-4-6-15(19)7-5-14/h2-11H,1H3,(H,22,23,24)/b21-11+. The maximum absolute atomic E-state index is 12.9. The van der Waals surface area contributed by atoms with Crippen molar-refractivity contribution >= 4 is 28.0 Å². The Balaban J connectivity index is 1.78. The van der Waals surface area contributed by atoms with Crippen LogP contribution in [0.15, 0.2) is 64.2 Å². The lowest BCUT2D eigenvalue weighted by molar-refractivity contribution is 0.628. The van der Waals surface area contributed by atoms with Gasteiger partial charge >= 0.3 is 0 Å². The Bertz CT molecular complexity index is 861. The van der Waals surface area contributed by atoms with Gasteiger partial charge < -0.3 is 0 Å². The summed E-state index contributed by atoms with van der Waals surface area (Å²) in [7, 11) is 0. The third-order valence-electron chi connectivity index (χ3n) is 3.22. The van der Waals surface area contributed by atoms with E-state index in [9.17, 15) is 4.39 Å². The van der Waals surface area contributed by atoms with Crippen molar-refractivity contribution in [3.8, 4) is 11.4 Å². The molecule has 3 rings (SSSR count). The fourth-order valence-corrected chi connectivity index (χ4v) is 2.34. The first-order valence-electron chi connectivity index (χ1n) is 7.26. The van der Waals surface area contributed by atoms with E-state index >= 15 is 0 Å². The molecule has 0 radical (unpaired) electrons. The number of nitrogens with one attached hydrogen (secondary N) is 1. The van der Waals surface area contributed by atoms with Gasteiger partial charge in [-0.3, -0.25) is 5.43 Å². The minimum atomic E-state index is -0.273. The van der Waals surface area contributed by atoms with Gasteiger partial charge in [0.05, 0.1) is 6.21 Å². The maximum Gasteiger partial charge on any atom is 0.161 e. The molecular formula is C18H14BrFN4. The van der Waals surface area contributed by atoms with Gasteiger partial charge in [-0.2, -0.15) is 5.10 Å². The molecule has 6 heteroatoms. The van der Waals surface area contributed by atoms with Gasteiger partial charge in [0.25, 0.3) is 0 Å². The molecule has 0 atom stereocenters. The van der Waals surface area contributed by atoms with E-state index in [1.165, 1.54) is 12.1 Å². The van der Waals surface area contributed by atoms with Gasteiger partial charge in [-0.1, -0.05) is 40.2 Å². The van der Waals surface area contributed by atoms with Gasteiger partial charge in [-0.15, -0.1) is 0 Å². The highest BCUT2D eigenvalue weighted by Crippen LogP contribution is 2.20. The molecule has 1 N–H and O–H groups in total. The van der Waals surface area contributed by atoms with Gasteiger partial charge in [0.1, 0.15) is 5.82 Å². The summed E-state index contributed by atoms with van der Waals surface area (Å²) in [6.07, 6.45) is 1.61. The number of hydrogen-bond acceptors (Lipinski definition) is 4. The zero-order chi connectivity index (χ0) is 16.9. The highest BCUT2D eigenvalue weighted by molar-refractivity contribution is 9.10. The molecule has 1 aromatic heterocycles. The smallest absolute Gasteiger partial charge is 0.161 e. The number of aromatic nitrogens is 2. The van der Waals surface area contributed by atoms with Crippen LogP contribution in [0.1, 0.15) is 11.3 Å². The zero-order valence-electron chi connectivity index (χ0n) is 12.9. The SMILES string of the molecule is Cc1cc(N/N=C/c2ccc(F)cc2)nc(-c2ccc(Br)cc2)n1. The normalized spacial score (nSPS) is 11.0. The highest BCUT2D eigenvalue weighted by Gasteiger charge is 2.04. The quantitative estimate of drug-likeness (QED) is 0.519. The highest BCUT2D eigenvalue weighted by atomic mass is 79.9. The second kappa shape index (κ2) is 7.31. The van der Waals surface area contributed by atoms with E-state index in [0.717, 1.165) is 21.3 Å². The number of nitrogens with zero attached hydrogens (tertiary/aromatic N) is 3. The Morgan fingerprint density at radius 2 is 1.75 bits per heavy atom. The molecule has 2 aromatic carbocycles. The van der Waals surface area contributed by atoms with Crippen LogP contribution < -0.4 is 5.43 Å². The monoisotopic (exact) mass is 384 g/mol. The van der Waals surface area contributed by atoms with Crippen molar-refractivity contribution in [2.75, 3.05) is 5.43 Å². The molecule has 0 unspecified atom stereocenters. The molecule has 0 spiro atoms. The Morgan fingerprint density at radius 1 is 1.04 bits per heavy atom. The molecule has 120 valence electrons. The van der Waals surface area contributed by atoms with Gasteiger partial charge in [0, 0.05) is 21.8 Å². The van der Waals surface area contributed by atoms with E-state index in [4.69, 9.17) is 0 Å². The Morgan fingerprint density at radius 3 is 2.46 bits per heavy atom. The third-order valence-corrected chi connectivity index (χ3v) is 3.75. The van der Waals surface area contributed by atoms with Crippen LogP contribution in [0.3, 0.4) is 0 Å². The molecule has 0 amide bonds. The average molecular weight is 385 g/mol. The molecule has 4 nitrogen and oxygen atoms in total. The van der Waals surface area contributed by atoms with Gasteiger partial charge in [-0.25, -0.2) is 14.4 Å². The predicted octanol–water partition coefficient (Wildman–Crippen LogP) is 4.80. The third kappa shape index (κ3) is 4.23. The number of halogens is 2. The molecule has 1 heterocycles. The van der Waals surface area contributed by atoms with Crippen molar-refractivity contribution in [1.29, 1.82) is 0 Å². The van der Waals surface area contributed by atoms with Crippen molar-refractivity contribution in [3.05, 3.63) is 76.1 Å². The van der Waals surface area contributed by atoms with E-state index in [0.29, 0.717) is 11.6 Å². The summed E-state index contributed by atoms with van der Waals surface area (Å²) < 4.78 is 13.9. The number of hydrazone groups is 1. The average Bonchev–Trinajstić information content (AvgIpc) is 2.57. The zero-order valence-corrected chi connectivity index (χ0v) is 14.5. The molecular weight excluding hydrogens is 371 g/mol. The first-order valence-corrected chi connectivity index (χ1v) is 8.06. The minimum absolute atomic E-state index is 0.273. The van der Waals surface area contributed by atoms with Gasteiger partial charge in [0.15, 0.2) is 11.6 Å². The van der Waals surface area contributed by atoms with Crippen molar-refractivity contribution in [1.82, 2.24) is 9.97 Å². The lowest BCUT2D eigenvalue weighted by atomic mass is 10.2. The summed E-state index contributed by atoms with van der Waals surface area (Å²) in [5.74, 6) is 0.950. The molecule has 0 aliphatic heterocycles. The number of rotatable bonds is 4. The molecule has 0 fully saturated rings. The fourth-order valence-electron chi connectivity index (χ4n) is 2.08.